The predicted molar refractivity (Wildman–Crippen MR) is 93.7 cm³/mol. The normalized spacial score (nSPS) is 11.2. The lowest BCUT2D eigenvalue weighted by molar-refractivity contribution is 0.0956. The quantitative estimate of drug-likeness (QED) is 0.478. The van der Waals surface area contributed by atoms with Crippen molar-refractivity contribution in [3.63, 3.8) is 0 Å². The molecule has 1 amide bonds. The average Bonchev–Trinajstić information content (AvgIpc) is 2.97. The fourth-order valence-electron chi connectivity index (χ4n) is 1.74. The Hall–Kier alpha value is -2.07. The van der Waals surface area contributed by atoms with Gasteiger partial charge in [-0.3, -0.25) is 14.6 Å². The smallest absolute Gasteiger partial charge is 0.251 e. The molecule has 1 aromatic heterocycles. The van der Waals surface area contributed by atoms with E-state index in [2.05, 4.69) is 25.2 Å². The molecule has 0 saturated heterocycles. The van der Waals surface area contributed by atoms with E-state index in [1.165, 1.54) is 11.8 Å². The van der Waals surface area contributed by atoms with Crippen LogP contribution in [-0.4, -0.2) is 47.6 Å². The third kappa shape index (κ3) is 5.53. The summed E-state index contributed by atoms with van der Waals surface area (Å²) >= 11 is 1.44. The van der Waals surface area contributed by atoms with E-state index in [4.69, 9.17) is 0 Å². The molecule has 1 aromatic carbocycles. The first-order chi connectivity index (χ1) is 11.4. The van der Waals surface area contributed by atoms with Gasteiger partial charge in [-0.1, -0.05) is 11.8 Å². The third-order valence-electron chi connectivity index (χ3n) is 3.00. The molecule has 0 aliphatic rings. The molecule has 0 radical (unpaired) electrons. The van der Waals surface area contributed by atoms with Crippen LogP contribution in [0.15, 0.2) is 29.4 Å². The van der Waals surface area contributed by atoms with E-state index in [0.29, 0.717) is 28.7 Å². The molecule has 10 heteroatoms. The number of nitrogens with zero attached hydrogens (tertiary/aromatic N) is 2. The molecular weight excluding hydrogens is 350 g/mol. The van der Waals surface area contributed by atoms with E-state index < -0.39 is 10.0 Å². The number of carbonyl (C=O) groups excluding carboxylic acids is 1. The van der Waals surface area contributed by atoms with E-state index >= 15 is 0 Å². The summed E-state index contributed by atoms with van der Waals surface area (Å²) in [6.07, 6.45) is 0. The minimum Gasteiger partial charge on any atom is -0.351 e. The Morgan fingerprint density at radius 2 is 2.00 bits per heavy atom. The molecule has 0 bridgehead atoms. The van der Waals surface area contributed by atoms with Crippen LogP contribution in [0.4, 0.5) is 5.69 Å². The maximum atomic E-state index is 12.0. The highest BCUT2D eigenvalue weighted by molar-refractivity contribution is 7.99. The lowest BCUT2D eigenvalue weighted by atomic mass is 10.2. The number of hydrogen-bond acceptors (Lipinski definition) is 6. The first kappa shape index (κ1) is 18.3. The number of amides is 1. The van der Waals surface area contributed by atoms with E-state index in [-0.39, 0.29) is 11.7 Å². The fraction of sp³-hybridized carbons (Fsp3) is 0.357. The van der Waals surface area contributed by atoms with Crippen LogP contribution in [0.5, 0.6) is 0 Å². The zero-order valence-electron chi connectivity index (χ0n) is 13.4. The van der Waals surface area contributed by atoms with Crippen LogP contribution in [0.2, 0.25) is 0 Å². The van der Waals surface area contributed by atoms with E-state index in [9.17, 15) is 13.2 Å². The maximum Gasteiger partial charge on any atom is 0.251 e. The van der Waals surface area contributed by atoms with Gasteiger partial charge >= 0.3 is 0 Å². The number of benzene rings is 1. The van der Waals surface area contributed by atoms with Crippen molar-refractivity contribution < 1.29 is 13.2 Å². The van der Waals surface area contributed by atoms with Gasteiger partial charge in [-0.25, -0.2) is 13.4 Å². The molecule has 130 valence electrons. The molecule has 8 nitrogen and oxygen atoms in total. The molecule has 0 atom stereocenters. The number of hydrogen-bond donors (Lipinski definition) is 3. The van der Waals surface area contributed by atoms with Crippen LogP contribution in [-0.2, 0) is 10.0 Å². The number of rotatable bonds is 8. The summed E-state index contributed by atoms with van der Waals surface area (Å²) < 4.78 is 25.4. The van der Waals surface area contributed by atoms with Crippen molar-refractivity contribution in [1.82, 2.24) is 20.5 Å². The van der Waals surface area contributed by atoms with Gasteiger partial charge in [-0.15, -0.1) is 5.10 Å². The highest BCUT2D eigenvalue weighted by atomic mass is 32.2. The molecule has 2 aromatic rings. The number of sulfonamides is 1. The Morgan fingerprint density at radius 1 is 1.29 bits per heavy atom. The Morgan fingerprint density at radius 3 is 2.58 bits per heavy atom. The van der Waals surface area contributed by atoms with Gasteiger partial charge in [0.05, 0.1) is 5.75 Å². The second-order valence-electron chi connectivity index (χ2n) is 4.89. The second-order valence-corrected chi connectivity index (χ2v) is 7.96. The van der Waals surface area contributed by atoms with Crippen molar-refractivity contribution in [1.29, 1.82) is 0 Å². The Bertz CT molecular complexity index is 787. The van der Waals surface area contributed by atoms with Crippen molar-refractivity contribution in [2.24, 2.45) is 0 Å². The number of aromatic amines is 1. The summed E-state index contributed by atoms with van der Waals surface area (Å²) in [5, 5.41) is 10.2. The van der Waals surface area contributed by atoms with Crippen LogP contribution in [0.25, 0.3) is 0 Å². The largest absolute Gasteiger partial charge is 0.351 e. The highest BCUT2D eigenvalue weighted by Gasteiger charge is 2.09. The van der Waals surface area contributed by atoms with Gasteiger partial charge in [0.1, 0.15) is 5.82 Å². The molecule has 2 rings (SSSR count). The number of anilines is 1. The number of aromatic nitrogens is 3. The average molecular weight is 369 g/mol. The molecule has 0 aliphatic carbocycles. The minimum absolute atomic E-state index is 0.00269. The fourth-order valence-corrected chi connectivity index (χ4v) is 3.07. The predicted octanol–water partition coefficient (Wildman–Crippen LogP) is 1.40. The number of carbonyl (C=O) groups is 1. The Kier molecular flexibility index (Phi) is 6.21. The van der Waals surface area contributed by atoms with E-state index in [1.54, 1.807) is 31.2 Å². The van der Waals surface area contributed by atoms with Crippen molar-refractivity contribution in [3.05, 3.63) is 35.7 Å². The van der Waals surface area contributed by atoms with Crippen molar-refractivity contribution in [2.75, 3.05) is 22.8 Å². The minimum atomic E-state index is -3.32. The Labute approximate surface area is 144 Å². The molecule has 0 aliphatic heterocycles. The van der Waals surface area contributed by atoms with E-state index in [0.717, 1.165) is 5.82 Å². The molecule has 1 heterocycles. The van der Waals surface area contributed by atoms with Gasteiger partial charge < -0.3 is 5.32 Å². The standard InChI is InChI=1S/C14H19N5O3S2/c1-3-24(21,22)19-12-6-4-11(5-7-12)13(20)15-8-9-23-14-16-10(2)17-18-14/h4-7,19H,3,8-9H2,1-2H3,(H,15,20)(H,16,17,18). The third-order valence-corrected chi connectivity index (χ3v) is 5.15. The SMILES string of the molecule is CCS(=O)(=O)Nc1ccc(C(=O)NCCSc2n[nH]c(C)n2)cc1. The van der Waals surface area contributed by atoms with Gasteiger partial charge in [-0.05, 0) is 38.1 Å². The monoisotopic (exact) mass is 369 g/mol. The van der Waals surface area contributed by atoms with Crippen LogP contribution in [0.3, 0.4) is 0 Å². The van der Waals surface area contributed by atoms with Gasteiger partial charge in [0, 0.05) is 23.5 Å². The summed E-state index contributed by atoms with van der Waals surface area (Å²) in [5.41, 5.74) is 0.900. The summed E-state index contributed by atoms with van der Waals surface area (Å²) in [5.74, 6) is 1.18. The van der Waals surface area contributed by atoms with Crippen molar-refractivity contribution >= 4 is 33.4 Å². The maximum absolute atomic E-state index is 12.0. The van der Waals surface area contributed by atoms with Gasteiger partial charge in [0.2, 0.25) is 15.2 Å². The lowest BCUT2D eigenvalue weighted by Gasteiger charge is -2.07. The lowest BCUT2D eigenvalue weighted by Crippen LogP contribution is -2.25. The van der Waals surface area contributed by atoms with Crippen LogP contribution < -0.4 is 10.0 Å². The van der Waals surface area contributed by atoms with E-state index in [1.807, 2.05) is 6.92 Å². The Balaban J connectivity index is 1.80. The van der Waals surface area contributed by atoms with Gasteiger partial charge in [0.15, 0.2) is 0 Å². The molecule has 0 fully saturated rings. The highest BCUT2D eigenvalue weighted by Crippen LogP contribution is 2.12. The molecule has 0 unspecified atom stereocenters. The van der Waals surface area contributed by atoms with Crippen LogP contribution in [0, 0.1) is 6.92 Å². The zero-order valence-corrected chi connectivity index (χ0v) is 15.0. The van der Waals surface area contributed by atoms with Crippen LogP contribution >= 0.6 is 11.8 Å². The summed E-state index contributed by atoms with van der Waals surface area (Å²) in [4.78, 5) is 16.2. The second kappa shape index (κ2) is 8.15. The van der Waals surface area contributed by atoms with Crippen LogP contribution in [0.1, 0.15) is 23.1 Å². The number of aryl methyl sites for hydroxylation is 1. The van der Waals surface area contributed by atoms with Crippen molar-refractivity contribution in [3.8, 4) is 0 Å². The van der Waals surface area contributed by atoms with Crippen molar-refractivity contribution in [2.45, 2.75) is 19.0 Å². The topological polar surface area (TPSA) is 117 Å². The summed E-state index contributed by atoms with van der Waals surface area (Å²) in [6, 6.07) is 6.28. The molecular formula is C14H19N5O3S2. The zero-order chi connectivity index (χ0) is 17.6. The number of thioether (sulfide) groups is 1. The first-order valence-electron chi connectivity index (χ1n) is 7.30. The number of H-pyrrole nitrogens is 1. The van der Waals surface area contributed by atoms with Gasteiger partial charge in [0.25, 0.3) is 5.91 Å². The number of nitrogens with one attached hydrogen (secondary N) is 3. The summed E-state index contributed by atoms with van der Waals surface area (Å²) in [7, 11) is -3.32. The molecule has 0 spiro atoms. The molecule has 0 saturated carbocycles. The molecule has 24 heavy (non-hydrogen) atoms. The first-order valence-corrected chi connectivity index (χ1v) is 9.94. The summed E-state index contributed by atoms with van der Waals surface area (Å²) in [6.45, 7) is 3.85. The molecule has 3 N–H and O–H groups in total. The van der Waals surface area contributed by atoms with Gasteiger partial charge in [-0.2, -0.15) is 0 Å².